The molecule has 1 atom stereocenters. The molecule has 2 rings (SSSR count). The maximum Gasteiger partial charge on any atom is 0.179 e. The minimum Gasteiger partial charge on any atom is -0.461 e. The first-order valence-electron chi connectivity index (χ1n) is 5.01. The molecule has 0 saturated heterocycles. The molecular weight excluding hydrogens is 209 g/mol. The van der Waals surface area contributed by atoms with Gasteiger partial charge in [0.25, 0.3) is 0 Å². The molecule has 1 aromatic carbocycles. The van der Waals surface area contributed by atoms with Crippen LogP contribution in [-0.2, 0) is 0 Å². The van der Waals surface area contributed by atoms with E-state index in [4.69, 9.17) is 4.42 Å². The van der Waals surface area contributed by atoms with Crippen molar-refractivity contribution in [2.24, 2.45) is 0 Å². The van der Waals surface area contributed by atoms with Gasteiger partial charge in [0.2, 0.25) is 0 Å². The Labute approximate surface area is 92.2 Å². The number of carbonyl (C=O) groups is 1. The molecule has 16 heavy (non-hydrogen) atoms. The minimum atomic E-state index is -0.505. The van der Waals surface area contributed by atoms with Crippen LogP contribution in [0.2, 0.25) is 0 Å². The van der Waals surface area contributed by atoms with Crippen molar-refractivity contribution >= 4 is 16.8 Å². The van der Waals surface area contributed by atoms with Crippen LogP contribution in [0.1, 0.15) is 17.3 Å². The highest BCUT2D eigenvalue weighted by Crippen LogP contribution is 2.21. The van der Waals surface area contributed by atoms with Gasteiger partial charge in [0.05, 0.1) is 12.3 Å². The SMILES string of the molecule is CN[C@@H](C)C(=O)c1cc(F)c2occc2c1. The van der Waals surface area contributed by atoms with E-state index in [1.54, 1.807) is 26.1 Å². The van der Waals surface area contributed by atoms with E-state index in [2.05, 4.69) is 5.32 Å². The highest BCUT2D eigenvalue weighted by molar-refractivity contribution is 6.02. The monoisotopic (exact) mass is 221 g/mol. The highest BCUT2D eigenvalue weighted by Gasteiger charge is 2.16. The molecule has 84 valence electrons. The number of halogens is 1. The van der Waals surface area contributed by atoms with E-state index in [0.717, 1.165) is 0 Å². The molecule has 0 bridgehead atoms. The molecular formula is C12H12FNO2. The average molecular weight is 221 g/mol. The number of likely N-dealkylation sites (N-methyl/N-ethyl adjacent to an activating group) is 1. The number of ketones is 1. The van der Waals surface area contributed by atoms with E-state index in [-0.39, 0.29) is 17.4 Å². The highest BCUT2D eigenvalue weighted by atomic mass is 19.1. The predicted octanol–water partition coefficient (Wildman–Crippen LogP) is 2.36. The lowest BCUT2D eigenvalue weighted by atomic mass is 10.0. The van der Waals surface area contributed by atoms with Gasteiger partial charge in [-0.05, 0) is 32.2 Å². The number of hydrogen-bond donors (Lipinski definition) is 1. The lowest BCUT2D eigenvalue weighted by molar-refractivity contribution is 0.0955. The lowest BCUT2D eigenvalue weighted by Gasteiger charge is -2.08. The molecule has 0 amide bonds. The number of nitrogens with one attached hydrogen (secondary N) is 1. The van der Waals surface area contributed by atoms with Crippen LogP contribution in [-0.4, -0.2) is 18.9 Å². The fourth-order valence-electron chi connectivity index (χ4n) is 1.56. The summed E-state index contributed by atoms with van der Waals surface area (Å²) in [4.78, 5) is 11.8. The molecule has 0 aliphatic rings. The smallest absolute Gasteiger partial charge is 0.179 e. The summed E-state index contributed by atoms with van der Waals surface area (Å²) >= 11 is 0. The first-order chi connectivity index (χ1) is 7.63. The Bertz CT molecular complexity index is 533. The summed E-state index contributed by atoms with van der Waals surface area (Å²) < 4.78 is 18.5. The van der Waals surface area contributed by atoms with Gasteiger partial charge in [-0.1, -0.05) is 0 Å². The van der Waals surface area contributed by atoms with Gasteiger partial charge in [-0.3, -0.25) is 4.79 Å². The summed E-state index contributed by atoms with van der Waals surface area (Å²) in [7, 11) is 1.69. The molecule has 4 heteroatoms. The van der Waals surface area contributed by atoms with E-state index in [9.17, 15) is 9.18 Å². The van der Waals surface area contributed by atoms with E-state index in [0.29, 0.717) is 10.9 Å². The van der Waals surface area contributed by atoms with Gasteiger partial charge in [0.1, 0.15) is 0 Å². The van der Waals surface area contributed by atoms with Crippen LogP contribution in [0.4, 0.5) is 4.39 Å². The molecule has 0 unspecified atom stereocenters. The molecule has 0 fully saturated rings. The summed E-state index contributed by atoms with van der Waals surface area (Å²) in [5, 5.41) is 3.43. The van der Waals surface area contributed by atoms with Crippen molar-refractivity contribution in [3.05, 3.63) is 35.8 Å². The number of fused-ring (bicyclic) bond motifs is 1. The topological polar surface area (TPSA) is 42.2 Å². The zero-order valence-electron chi connectivity index (χ0n) is 9.08. The molecule has 3 nitrogen and oxygen atoms in total. The summed E-state index contributed by atoms with van der Waals surface area (Å²) in [5.41, 5.74) is 0.543. The second kappa shape index (κ2) is 4.06. The lowest BCUT2D eigenvalue weighted by Crippen LogP contribution is -2.30. The molecule has 1 N–H and O–H groups in total. The van der Waals surface area contributed by atoms with E-state index >= 15 is 0 Å². The summed E-state index contributed by atoms with van der Waals surface area (Å²) in [5.74, 6) is -0.640. The maximum absolute atomic E-state index is 13.5. The number of rotatable bonds is 3. The van der Waals surface area contributed by atoms with Gasteiger partial charge < -0.3 is 9.73 Å². The predicted molar refractivity (Wildman–Crippen MR) is 59.0 cm³/mol. The fraction of sp³-hybridized carbons (Fsp3) is 0.250. The largest absolute Gasteiger partial charge is 0.461 e. The summed E-state index contributed by atoms with van der Waals surface area (Å²) in [6.07, 6.45) is 1.41. The van der Waals surface area contributed by atoms with Crippen molar-refractivity contribution in [1.82, 2.24) is 5.32 Å². The van der Waals surface area contributed by atoms with Crippen molar-refractivity contribution in [1.29, 1.82) is 0 Å². The zero-order chi connectivity index (χ0) is 11.7. The third-order valence-electron chi connectivity index (χ3n) is 2.62. The van der Waals surface area contributed by atoms with Gasteiger partial charge in [-0.2, -0.15) is 0 Å². The zero-order valence-corrected chi connectivity index (χ0v) is 9.08. The van der Waals surface area contributed by atoms with Gasteiger partial charge in [-0.25, -0.2) is 4.39 Å². The third kappa shape index (κ3) is 1.72. The summed E-state index contributed by atoms with van der Waals surface area (Å²) in [6.45, 7) is 1.74. The van der Waals surface area contributed by atoms with Crippen LogP contribution >= 0.6 is 0 Å². The van der Waals surface area contributed by atoms with Crippen LogP contribution in [0, 0.1) is 5.82 Å². The van der Waals surface area contributed by atoms with Crippen molar-refractivity contribution in [2.75, 3.05) is 7.05 Å². The fourth-order valence-corrected chi connectivity index (χ4v) is 1.56. The van der Waals surface area contributed by atoms with E-state index in [1.807, 2.05) is 0 Å². The number of benzene rings is 1. The number of carbonyl (C=O) groups excluding carboxylic acids is 1. The normalized spacial score (nSPS) is 12.9. The number of hydrogen-bond acceptors (Lipinski definition) is 3. The van der Waals surface area contributed by atoms with Gasteiger partial charge >= 0.3 is 0 Å². The Morgan fingerprint density at radius 1 is 1.50 bits per heavy atom. The third-order valence-corrected chi connectivity index (χ3v) is 2.62. The van der Waals surface area contributed by atoms with Crippen LogP contribution in [0.3, 0.4) is 0 Å². The molecule has 1 aromatic heterocycles. The number of Topliss-reactive ketones (excluding diaryl/α,β-unsaturated/α-hetero) is 1. The molecule has 0 aliphatic carbocycles. The molecule has 1 heterocycles. The first kappa shape index (κ1) is 10.8. The molecule has 0 aliphatic heterocycles. The Balaban J connectivity index is 2.49. The van der Waals surface area contributed by atoms with Crippen molar-refractivity contribution in [2.45, 2.75) is 13.0 Å². The van der Waals surface area contributed by atoms with Crippen molar-refractivity contribution in [3.8, 4) is 0 Å². The van der Waals surface area contributed by atoms with Gasteiger partial charge in [0.15, 0.2) is 17.2 Å². The first-order valence-corrected chi connectivity index (χ1v) is 5.01. The van der Waals surface area contributed by atoms with Gasteiger partial charge in [0, 0.05) is 10.9 Å². The van der Waals surface area contributed by atoms with E-state index in [1.165, 1.54) is 12.3 Å². The van der Waals surface area contributed by atoms with Gasteiger partial charge in [-0.15, -0.1) is 0 Å². The second-order valence-corrected chi connectivity index (χ2v) is 3.67. The molecule has 0 spiro atoms. The maximum atomic E-state index is 13.5. The summed E-state index contributed by atoms with van der Waals surface area (Å²) in [6, 6.07) is 4.16. The minimum absolute atomic E-state index is 0.135. The van der Waals surface area contributed by atoms with Crippen LogP contribution in [0.25, 0.3) is 11.0 Å². The van der Waals surface area contributed by atoms with Crippen molar-refractivity contribution in [3.63, 3.8) is 0 Å². The Morgan fingerprint density at radius 3 is 2.94 bits per heavy atom. The second-order valence-electron chi connectivity index (χ2n) is 3.67. The Morgan fingerprint density at radius 2 is 2.25 bits per heavy atom. The quantitative estimate of drug-likeness (QED) is 0.809. The number of furan rings is 1. The van der Waals surface area contributed by atoms with E-state index < -0.39 is 5.82 Å². The molecule has 0 saturated carbocycles. The molecule has 0 radical (unpaired) electrons. The molecule has 2 aromatic rings. The standard InChI is InChI=1S/C12H12FNO2/c1-7(14-2)11(15)9-5-8-3-4-16-12(8)10(13)6-9/h3-7,14H,1-2H3/t7-/m0/s1. The van der Waals surface area contributed by atoms with Crippen LogP contribution < -0.4 is 5.32 Å². The average Bonchev–Trinajstić information content (AvgIpc) is 2.75. The van der Waals surface area contributed by atoms with Crippen LogP contribution in [0.15, 0.2) is 28.9 Å². The Hall–Kier alpha value is -1.68. The van der Waals surface area contributed by atoms with Crippen molar-refractivity contribution < 1.29 is 13.6 Å². The Kier molecular flexibility index (Phi) is 2.75. The van der Waals surface area contributed by atoms with Crippen LogP contribution in [0.5, 0.6) is 0 Å².